The van der Waals surface area contributed by atoms with E-state index in [4.69, 9.17) is 23.2 Å². The Labute approximate surface area is 192 Å². The van der Waals surface area contributed by atoms with Crippen LogP contribution in [-0.4, -0.2) is 0 Å². The molecule has 0 amide bonds. The average Bonchev–Trinajstić information content (AvgIpc) is 2.78. The molecule has 0 fully saturated rings. The second kappa shape index (κ2) is 11.6. The van der Waals surface area contributed by atoms with E-state index in [0.29, 0.717) is 10.0 Å². The van der Waals surface area contributed by atoms with Gasteiger partial charge in [0, 0.05) is 5.56 Å². The molecule has 3 rings (SSSR count). The van der Waals surface area contributed by atoms with Crippen LogP contribution in [0, 0.1) is 0 Å². The fourth-order valence-corrected chi connectivity index (χ4v) is 4.41. The van der Waals surface area contributed by atoms with E-state index in [9.17, 15) is 0 Å². The van der Waals surface area contributed by atoms with Crippen molar-refractivity contribution in [3.8, 4) is 22.3 Å². The lowest BCUT2D eigenvalue weighted by Crippen LogP contribution is -1.90. The Kier molecular flexibility index (Phi) is 8.85. The van der Waals surface area contributed by atoms with Crippen molar-refractivity contribution in [3.05, 3.63) is 81.8 Å². The number of halogens is 2. The van der Waals surface area contributed by atoms with Crippen LogP contribution in [0.3, 0.4) is 0 Å². The minimum atomic E-state index is 0.662. The molecule has 3 aromatic rings. The number of benzene rings is 3. The van der Waals surface area contributed by atoms with Crippen LogP contribution in [0.2, 0.25) is 10.0 Å². The van der Waals surface area contributed by atoms with Crippen molar-refractivity contribution >= 4 is 23.2 Å². The van der Waals surface area contributed by atoms with Gasteiger partial charge in [-0.25, -0.2) is 0 Å². The monoisotopic (exact) mass is 438 g/mol. The van der Waals surface area contributed by atoms with Crippen LogP contribution in [-0.2, 0) is 12.8 Å². The van der Waals surface area contributed by atoms with Crippen LogP contribution in [0.5, 0.6) is 0 Å². The number of hydrogen-bond acceptors (Lipinski definition) is 0. The van der Waals surface area contributed by atoms with Gasteiger partial charge in [0.05, 0.1) is 10.0 Å². The summed E-state index contributed by atoms with van der Waals surface area (Å²) in [5.74, 6) is 0. The standard InChI is InChI=1S/C28H32Cl2/c1-3-5-7-9-21-11-13-22(14-12-21)23-15-17-24(18-16-23)26-20-19-25(10-8-6-4-2)27(29)28(26)30/h11-20H,3-10H2,1-2H3. The highest BCUT2D eigenvalue weighted by Gasteiger charge is 2.12. The smallest absolute Gasteiger partial charge is 0.0673 e. The molecule has 0 atom stereocenters. The summed E-state index contributed by atoms with van der Waals surface area (Å²) in [4.78, 5) is 0. The maximum atomic E-state index is 6.64. The molecule has 30 heavy (non-hydrogen) atoms. The predicted octanol–water partition coefficient (Wildman–Crippen LogP) is 9.79. The van der Waals surface area contributed by atoms with Gasteiger partial charge in [-0.3, -0.25) is 0 Å². The molecular weight excluding hydrogens is 407 g/mol. The SMILES string of the molecule is CCCCCc1ccc(-c2ccc(-c3ccc(CCCCC)c(Cl)c3Cl)cc2)cc1. The molecular formula is C28H32Cl2. The summed E-state index contributed by atoms with van der Waals surface area (Å²) in [6.07, 6.45) is 9.56. The van der Waals surface area contributed by atoms with Gasteiger partial charge in [0.15, 0.2) is 0 Å². The van der Waals surface area contributed by atoms with Crippen molar-refractivity contribution < 1.29 is 0 Å². The van der Waals surface area contributed by atoms with Gasteiger partial charge in [0.25, 0.3) is 0 Å². The number of rotatable bonds is 10. The van der Waals surface area contributed by atoms with E-state index in [-0.39, 0.29) is 0 Å². The van der Waals surface area contributed by atoms with E-state index in [2.05, 4.69) is 74.5 Å². The predicted molar refractivity (Wildman–Crippen MR) is 134 cm³/mol. The second-order valence-corrected chi connectivity index (χ2v) is 8.84. The Hall–Kier alpha value is -1.76. The topological polar surface area (TPSA) is 0 Å². The summed E-state index contributed by atoms with van der Waals surface area (Å²) < 4.78 is 0. The van der Waals surface area contributed by atoms with E-state index in [0.717, 1.165) is 29.5 Å². The molecule has 0 unspecified atom stereocenters. The molecule has 0 aliphatic carbocycles. The quantitative estimate of drug-likeness (QED) is 0.276. The fourth-order valence-electron chi connectivity index (χ4n) is 3.86. The molecule has 0 saturated carbocycles. The van der Waals surface area contributed by atoms with Crippen molar-refractivity contribution in [3.63, 3.8) is 0 Å². The Bertz CT molecular complexity index is 924. The van der Waals surface area contributed by atoms with Crippen molar-refractivity contribution in [1.82, 2.24) is 0 Å². The van der Waals surface area contributed by atoms with Gasteiger partial charge in [0.1, 0.15) is 0 Å². The maximum absolute atomic E-state index is 6.64. The fraction of sp³-hybridized carbons (Fsp3) is 0.357. The lowest BCUT2D eigenvalue weighted by Gasteiger charge is -2.12. The Balaban J connectivity index is 1.73. The first-order chi connectivity index (χ1) is 14.6. The summed E-state index contributed by atoms with van der Waals surface area (Å²) in [6.45, 7) is 4.46. The third-order valence-electron chi connectivity index (χ3n) is 5.76. The van der Waals surface area contributed by atoms with Crippen LogP contribution in [0.1, 0.15) is 63.5 Å². The first-order valence-electron chi connectivity index (χ1n) is 11.3. The molecule has 3 aromatic carbocycles. The van der Waals surface area contributed by atoms with Gasteiger partial charge in [-0.05, 0) is 53.5 Å². The van der Waals surface area contributed by atoms with E-state index in [1.54, 1.807) is 0 Å². The van der Waals surface area contributed by atoms with Crippen LogP contribution in [0.25, 0.3) is 22.3 Å². The zero-order valence-corrected chi connectivity index (χ0v) is 19.7. The zero-order chi connectivity index (χ0) is 21.3. The molecule has 0 saturated heterocycles. The highest BCUT2D eigenvalue weighted by Crippen LogP contribution is 2.37. The van der Waals surface area contributed by atoms with Crippen molar-refractivity contribution in [1.29, 1.82) is 0 Å². The first kappa shape index (κ1) is 22.9. The van der Waals surface area contributed by atoms with E-state index >= 15 is 0 Å². The summed E-state index contributed by atoms with van der Waals surface area (Å²) in [5.41, 5.74) is 7.13. The van der Waals surface area contributed by atoms with Crippen LogP contribution < -0.4 is 0 Å². The molecule has 0 spiro atoms. The van der Waals surface area contributed by atoms with Crippen LogP contribution in [0.15, 0.2) is 60.7 Å². The summed E-state index contributed by atoms with van der Waals surface area (Å²) in [6, 6.07) is 21.8. The molecule has 0 bridgehead atoms. The molecule has 0 aromatic heterocycles. The number of unbranched alkanes of at least 4 members (excludes halogenated alkanes) is 4. The van der Waals surface area contributed by atoms with Gasteiger partial charge < -0.3 is 0 Å². The second-order valence-electron chi connectivity index (χ2n) is 8.09. The molecule has 0 nitrogen and oxygen atoms in total. The van der Waals surface area contributed by atoms with Crippen LogP contribution >= 0.6 is 23.2 Å². The van der Waals surface area contributed by atoms with E-state index in [1.807, 2.05) is 0 Å². The van der Waals surface area contributed by atoms with Crippen molar-refractivity contribution in [2.45, 2.75) is 65.2 Å². The molecule has 0 aliphatic rings. The minimum absolute atomic E-state index is 0.662. The Morgan fingerprint density at radius 2 is 1.07 bits per heavy atom. The van der Waals surface area contributed by atoms with Gasteiger partial charge in [-0.1, -0.05) is 123 Å². The van der Waals surface area contributed by atoms with E-state index < -0.39 is 0 Å². The summed E-state index contributed by atoms with van der Waals surface area (Å²) >= 11 is 13.2. The zero-order valence-electron chi connectivity index (χ0n) is 18.2. The van der Waals surface area contributed by atoms with Crippen molar-refractivity contribution in [2.24, 2.45) is 0 Å². The first-order valence-corrected chi connectivity index (χ1v) is 12.1. The minimum Gasteiger partial charge on any atom is -0.0824 e. The molecule has 2 heteroatoms. The third-order valence-corrected chi connectivity index (χ3v) is 6.69. The van der Waals surface area contributed by atoms with Crippen molar-refractivity contribution in [2.75, 3.05) is 0 Å². The number of hydrogen-bond donors (Lipinski definition) is 0. The molecule has 0 heterocycles. The van der Waals surface area contributed by atoms with E-state index in [1.165, 1.54) is 55.2 Å². The lowest BCUT2D eigenvalue weighted by atomic mass is 9.97. The molecule has 0 radical (unpaired) electrons. The highest BCUT2D eigenvalue weighted by atomic mass is 35.5. The Morgan fingerprint density at radius 1 is 0.533 bits per heavy atom. The third kappa shape index (κ3) is 5.90. The van der Waals surface area contributed by atoms with Gasteiger partial charge >= 0.3 is 0 Å². The van der Waals surface area contributed by atoms with Gasteiger partial charge in [-0.2, -0.15) is 0 Å². The molecule has 0 aliphatic heterocycles. The molecule has 158 valence electrons. The lowest BCUT2D eigenvalue weighted by molar-refractivity contribution is 0.717. The average molecular weight is 439 g/mol. The van der Waals surface area contributed by atoms with Gasteiger partial charge in [0.2, 0.25) is 0 Å². The largest absolute Gasteiger partial charge is 0.0824 e. The highest BCUT2D eigenvalue weighted by molar-refractivity contribution is 6.44. The summed E-state index contributed by atoms with van der Waals surface area (Å²) in [7, 11) is 0. The number of aryl methyl sites for hydroxylation is 2. The van der Waals surface area contributed by atoms with Crippen LogP contribution in [0.4, 0.5) is 0 Å². The Morgan fingerprint density at radius 3 is 1.67 bits per heavy atom. The molecule has 0 N–H and O–H groups in total. The maximum Gasteiger partial charge on any atom is 0.0673 e. The normalized spacial score (nSPS) is 11.1. The summed E-state index contributed by atoms with van der Waals surface area (Å²) in [5, 5.41) is 1.36. The van der Waals surface area contributed by atoms with Gasteiger partial charge in [-0.15, -0.1) is 0 Å².